The summed E-state index contributed by atoms with van der Waals surface area (Å²) in [6.07, 6.45) is 1.16. The molecule has 0 saturated heterocycles. The van der Waals surface area contributed by atoms with Crippen molar-refractivity contribution < 1.29 is 17.5 Å². The number of fused-ring (bicyclic) bond motifs is 2. The van der Waals surface area contributed by atoms with Crippen LogP contribution in [0.3, 0.4) is 0 Å². The molecule has 156 valence electrons. The van der Waals surface area contributed by atoms with Crippen molar-refractivity contribution >= 4 is 21.4 Å². The van der Waals surface area contributed by atoms with Gasteiger partial charge in [-0.2, -0.15) is 5.10 Å². The summed E-state index contributed by atoms with van der Waals surface area (Å²) in [6.45, 7) is 0.484. The molecule has 0 saturated carbocycles. The van der Waals surface area contributed by atoms with Gasteiger partial charge in [-0.25, -0.2) is 17.5 Å². The highest BCUT2D eigenvalue weighted by Crippen LogP contribution is 2.45. The molecule has 0 unspecified atom stereocenters. The molecule has 0 spiro atoms. The summed E-state index contributed by atoms with van der Waals surface area (Å²) >= 11 is 6.14. The van der Waals surface area contributed by atoms with Crippen LogP contribution in [0.25, 0.3) is 22.4 Å². The topological polar surface area (TPSA) is 61.2 Å². The summed E-state index contributed by atoms with van der Waals surface area (Å²) < 4.78 is 45.1. The van der Waals surface area contributed by atoms with E-state index in [-0.39, 0.29) is 10.7 Å². The fourth-order valence-corrected chi connectivity index (χ4v) is 4.41. The zero-order chi connectivity index (χ0) is 21.8. The number of halogens is 2. The van der Waals surface area contributed by atoms with Crippen molar-refractivity contribution in [1.29, 1.82) is 0 Å². The van der Waals surface area contributed by atoms with Gasteiger partial charge in [0.15, 0.2) is 9.84 Å². The Hall–Kier alpha value is -3.16. The van der Waals surface area contributed by atoms with Crippen LogP contribution in [-0.4, -0.2) is 24.5 Å². The molecule has 0 radical (unpaired) electrons. The van der Waals surface area contributed by atoms with Crippen LogP contribution < -0.4 is 4.74 Å². The van der Waals surface area contributed by atoms with Gasteiger partial charge in [0.25, 0.3) is 0 Å². The number of sulfone groups is 1. The number of ether oxygens (including phenoxy) is 1. The summed E-state index contributed by atoms with van der Waals surface area (Å²) in [5, 5.41) is 5.31. The first-order chi connectivity index (χ1) is 14.8. The molecule has 31 heavy (non-hydrogen) atoms. The van der Waals surface area contributed by atoms with Crippen molar-refractivity contribution in [2.75, 3.05) is 6.26 Å². The van der Waals surface area contributed by atoms with Crippen molar-refractivity contribution in [2.24, 2.45) is 0 Å². The second-order valence-corrected chi connectivity index (χ2v) is 9.80. The standard InChI is InChI=1S/C23H16ClFN2O3S/c1-31(28,29)19-10-5-15(6-11-19)22-21(14-3-8-18(25)9-4-14)23-27(26-22)13-16-2-7-17(24)12-20(16)30-23/h2-12H,13H2,1H3. The highest BCUT2D eigenvalue weighted by atomic mass is 35.5. The molecule has 0 amide bonds. The Morgan fingerprint density at radius 1 is 1.00 bits per heavy atom. The molecule has 1 aliphatic rings. The van der Waals surface area contributed by atoms with Crippen LogP contribution in [0.4, 0.5) is 4.39 Å². The Labute approximate surface area is 183 Å². The average Bonchev–Trinajstić information content (AvgIpc) is 3.10. The highest BCUT2D eigenvalue weighted by Gasteiger charge is 2.27. The minimum Gasteiger partial charge on any atom is -0.438 e. The lowest BCUT2D eigenvalue weighted by molar-refractivity contribution is 0.390. The summed E-state index contributed by atoms with van der Waals surface area (Å²) in [4.78, 5) is 0.224. The fourth-order valence-electron chi connectivity index (χ4n) is 3.62. The van der Waals surface area contributed by atoms with Crippen molar-refractivity contribution in [3.63, 3.8) is 0 Å². The number of benzene rings is 3. The highest BCUT2D eigenvalue weighted by molar-refractivity contribution is 7.90. The third kappa shape index (κ3) is 3.60. The van der Waals surface area contributed by atoms with E-state index in [1.54, 1.807) is 53.2 Å². The zero-order valence-electron chi connectivity index (χ0n) is 16.3. The van der Waals surface area contributed by atoms with Gasteiger partial charge in [0.05, 0.1) is 17.0 Å². The molecular weight excluding hydrogens is 439 g/mol. The van der Waals surface area contributed by atoms with E-state index < -0.39 is 9.84 Å². The van der Waals surface area contributed by atoms with Gasteiger partial charge in [0.2, 0.25) is 5.88 Å². The van der Waals surface area contributed by atoms with Gasteiger partial charge in [-0.05, 0) is 42.0 Å². The first-order valence-corrected chi connectivity index (χ1v) is 11.7. The van der Waals surface area contributed by atoms with E-state index >= 15 is 0 Å². The van der Waals surface area contributed by atoms with Crippen LogP contribution in [0, 0.1) is 5.82 Å². The van der Waals surface area contributed by atoms with E-state index in [4.69, 9.17) is 21.4 Å². The molecule has 4 aromatic rings. The lowest BCUT2D eigenvalue weighted by atomic mass is 10.0. The Morgan fingerprint density at radius 3 is 2.35 bits per heavy atom. The van der Waals surface area contributed by atoms with Gasteiger partial charge in [-0.15, -0.1) is 0 Å². The van der Waals surface area contributed by atoms with Crippen LogP contribution in [-0.2, 0) is 16.4 Å². The molecule has 2 heterocycles. The van der Waals surface area contributed by atoms with E-state index in [9.17, 15) is 12.8 Å². The van der Waals surface area contributed by atoms with E-state index in [1.807, 2.05) is 6.07 Å². The average molecular weight is 455 g/mol. The molecule has 0 bridgehead atoms. The van der Waals surface area contributed by atoms with Crippen LogP contribution in [0.1, 0.15) is 5.56 Å². The van der Waals surface area contributed by atoms with Gasteiger partial charge >= 0.3 is 0 Å². The lowest BCUT2D eigenvalue weighted by Gasteiger charge is -2.19. The monoisotopic (exact) mass is 454 g/mol. The third-order valence-corrected chi connectivity index (χ3v) is 6.51. The Morgan fingerprint density at radius 2 is 1.68 bits per heavy atom. The molecule has 1 aliphatic heterocycles. The first kappa shape index (κ1) is 19.8. The predicted molar refractivity (Wildman–Crippen MR) is 117 cm³/mol. The SMILES string of the molecule is CS(=O)(=O)c1ccc(-c2nn3c(c2-c2ccc(F)cc2)Oc2cc(Cl)ccc2C3)cc1. The van der Waals surface area contributed by atoms with Gasteiger partial charge < -0.3 is 4.74 Å². The summed E-state index contributed by atoms with van der Waals surface area (Å²) in [5.74, 6) is 0.813. The number of nitrogens with zero attached hydrogens (tertiary/aromatic N) is 2. The quantitative estimate of drug-likeness (QED) is 0.357. The molecule has 1 aromatic heterocycles. The van der Waals surface area contributed by atoms with Gasteiger partial charge in [0.1, 0.15) is 17.3 Å². The van der Waals surface area contributed by atoms with Crippen molar-refractivity contribution in [2.45, 2.75) is 11.4 Å². The van der Waals surface area contributed by atoms with E-state index in [0.29, 0.717) is 34.5 Å². The Kier molecular flexibility index (Phi) is 4.60. The molecule has 0 atom stereocenters. The normalized spacial score (nSPS) is 12.7. The van der Waals surface area contributed by atoms with Gasteiger partial charge in [0, 0.05) is 22.4 Å². The molecular formula is C23H16ClFN2O3S. The van der Waals surface area contributed by atoms with E-state index in [1.165, 1.54) is 12.1 Å². The van der Waals surface area contributed by atoms with Crippen molar-refractivity contribution in [3.05, 3.63) is 83.1 Å². The summed E-state index contributed by atoms with van der Waals surface area (Å²) in [5.41, 5.74) is 3.69. The molecule has 8 heteroatoms. The largest absolute Gasteiger partial charge is 0.438 e. The minimum absolute atomic E-state index is 0.224. The Balaban J connectivity index is 1.69. The van der Waals surface area contributed by atoms with E-state index in [2.05, 4.69) is 0 Å². The molecule has 0 aliphatic carbocycles. The molecule has 3 aromatic carbocycles. The fraction of sp³-hybridized carbons (Fsp3) is 0.0870. The van der Waals surface area contributed by atoms with Crippen LogP contribution in [0.15, 0.2) is 71.6 Å². The van der Waals surface area contributed by atoms with E-state index in [0.717, 1.165) is 22.9 Å². The maximum atomic E-state index is 13.6. The Bertz CT molecular complexity index is 1410. The lowest BCUT2D eigenvalue weighted by Crippen LogP contribution is -2.10. The predicted octanol–water partition coefficient (Wildman–Crippen LogP) is 5.57. The molecule has 5 nitrogen and oxygen atoms in total. The second kappa shape index (κ2) is 7.21. The van der Waals surface area contributed by atoms with Crippen LogP contribution in [0.5, 0.6) is 11.6 Å². The molecule has 0 N–H and O–H groups in total. The number of hydrogen-bond donors (Lipinski definition) is 0. The van der Waals surface area contributed by atoms with Crippen molar-refractivity contribution in [1.82, 2.24) is 9.78 Å². The van der Waals surface area contributed by atoms with Gasteiger partial charge in [-0.3, -0.25) is 0 Å². The number of hydrogen-bond acceptors (Lipinski definition) is 4. The maximum absolute atomic E-state index is 13.6. The number of rotatable bonds is 3. The van der Waals surface area contributed by atoms with Gasteiger partial charge in [-0.1, -0.05) is 41.9 Å². The molecule has 0 fully saturated rings. The first-order valence-electron chi connectivity index (χ1n) is 9.43. The minimum atomic E-state index is -3.32. The van der Waals surface area contributed by atoms with Crippen LogP contribution >= 0.6 is 11.6 Å². The molecule has 5 rings (SSSR count). The van der Waals surface area contributed by atoms with Crippen molar-refractivity contribution in [3.8, 4) is 34.0 Å². The third-order valence-electron chi connectivity index (χ3n) is 5.15. The smallest absolute Gasteiger partial charge is 0.226 e. The summed E-state index contributed by atoms with van der Waals surface area (Å²) in [6, 6.07) is 18.0. The maximum Gasteiger partial charge on any atom is 0.226 e. The second-order valence-electron chi connectivity index (χ2n) is 7.34. The number of aromatic nitrogens is 2. The zero-order valence-corrected chi connectivity index (χ0v) is 17.9. The van der Waals surface area contributed by atoms with Crippen LogP contribution in [0.2, 0.25) is 5.02 Å². The summed E-state index contributed by atoms with van der Waals surface area (Å²) in [7, 11) is -3.32.